The SMILES string of the molecule is C=CC(=O)NCC(O)COc1ccc(Br)cc1. The number of rotatable bonds is 6. The highest BCUT2D eigenvalue weighted by Gasteiger charge is 2.06. The molecule has 17 heavy (non-hydrogen) atoms. The quantitative estimate of drug-likeness (QED) is 0.783. The van der Waals surface area contributed by atoms with Crippen LogP contribution in [0, 0.1) is 0 Å². The van der Waals surface area contributed by atoms with Crippen molar-refractivity contribution >= 4 is 21.8 Å². The fourth-order valence-electron chi connectivity index (χ4n) is 1.07. The molecule has 0 radical (unpaired) electrons. The third-order valence-corrected chi connectivity index (χ3v) is 2.48. The lowest BCUT2D eigenvalue weighted by Gasteiger charge is -2.12. The molecular formula is C12H14BrNO3. The van der Waals surface area contributed by atoms with E-state index in [9.17, 15) is 9.90 Å². The first-order chi connectivity index (χ1) is 8.11. The number of ether oxygens (including phenoxy) is 1. The number of carbonyl (C=O) groups excluding carboxylic acids is 1. The first-order valence-corrected chi connectivity index (χ1v) is 5.88. The summed E-state index contributed by atoms with van der Waals surface area (Å²) in [5.41, 5.74) is 0. The number of halogens is 1. The van der Waals surface area contributed by atoms with Crippen molar-refractivity contribution in [3.05, 3.63) is 41.4 Å². The predicted octanol–water partition coefficient (Wildman–Crippen LogP) is 1.49. The van der Waals surface area contributed by atoms with Gasteiger partial charge in [0, 0.05) is 11.0 Å². The Kier molecular flexibility index (Phi) is 5.72. The van der Waals surface area contributed by atoms with E-state index in [1.807, 2.05) is 12.1 Å². The highest BCUT2D eigenvalue weighted by molar-refractivity contribution is 9.10. The maximum atomic E-state index is 10.8. The minimum absolute atomic E-state index is 0.124. The van der Waals surface area contributed by atoms with Crippen LogP contribution in [-0.2, 0) is 4.79 Å². The molecule has 1 aromatic carbocycles. The summed E-state index contributed by atoms with van der Waals surface area (Å²) in [5.74, 6) is 0.356. The second-order valence-corrected chi connectivity index (χ2v) is 4.28. The van der Waals surface area contributed by atoms with E-state index in [4.69, 9.17) is 4.74 Å². The molecule has 92 valence electrons. The van der Waals surface area contributed by atoms with Crippen LogP contribution in [0.25, 0.3) is 0 Å². The van der Waals surface area contributed by atoms with Crippen molar-refractivity contribution in [3.63, 3.8) is 0 Å². The molecule has 0 aliphatic rings. The fourth-order valence-corrected chi connectivity index (χ4v) is 1.34. The minimum atomic E-state index is -0.748. The van der Waals surface area contributed by atoms with Crippen LogP contribution >= 0.6 is 15.9 Å². The Morgan fingerprint density at radius 2 is 2.18 bits per heavy atom. The van der Waals surface area contributed by atoms with Crippen LogP contribution in [0.5, 0.6) is 5.75 Å². The normalized spacial score (nSPS) is 11.6. The highest BCUT2D eigenvalue weighted by Crippen LogP contribution is 2.16. The Hall–Kier alpha value is -1.33. The standard InChI is InChI=1S/C12H14BrNO3/c1-2-12(16)14-7-10(15)8-17-11-5-3-9(13)4-6-11/h2-6,10,15H,1,7-8H2,(H,14,16). The lowest BCUT2D eigenvalue weighted by atomic mass is 10.3. The molecule has 0 aliphatic carbocycles. The van der Waals surface area contributed by atoms with E-state index < -0.39 is 6.10 Å². The maximum Gasteiger partial charge on any atom is 0.243 e. The van der Waals surface area contributed by atoms with Gasteiger partial charge in [0.15, 0.2) is 0 Å². The molecule has 1 aromatic rings. The maximum absolute atomic E-state index is 10.8. The average molecular weight is 300 g/mol. The summed E-state index contributed by atoms with van der Waals surface area (Å²) in [7, 11) is 0. The van der Waals surface area contributed by atoms with Gasteiger partial charge in [-0.1, -0.05) is 22.5 Å². The number of carbonyl (C=O) groups is 1. The monoisotopic (exact) mass is 299 g/mol. The molecule has 5 heteroatoms. The van der Waals surface area contributed by atoms with Crippen LogP contribution in [0.4, 0.5) is 0 Å². The molecule has 1 amide bonds. The molecular weight excluding hydrogens is 286 g/mol. The summed E-state index contributed by atoms with van der Waals surface area (Å²) in [6.07, 6.45) is 0.407. The molecule has 0 saturated heterocycles. The largest absolute Gasteiger partial charge is 0.491 e. The van der Waals surface area contributed by atoms with Gasteiger partial charge in [0.2, 0.25) is 5.91 Å². The van der Waals surface area contributed by atoms with Crippen molar-refractivity contribution in [2.24, 2.45) is 0 Å². The zero-order valence-electron chi connectivity index (χ0n) is 9.23. The van der Waals surface area contributed by atoms with E-state index in [1.165, 1.54) is 0 Å². The van der Waals surface area contributed by atoms with Crippen LogP contribution in [0.15, 0.2) is 41.4 Å². The first-order valence-electron chi connectivity index (χ1n) is 5.08. The summed E-state index contributed by atoms with van der Waals surface area (Å²) in [6.45, 7) is 3.58. The predicted molar refractivity (Wildman–Crippen MR) is 68.9 cm³/mol. The van der Waals surface area contributed by atoms with Crippen LogP contribution in [0.2, 0.25) is 0 Å². The van der Waals surface area contributed by atoms with Crippen LogP contribution in [0.3, 0.4) is 0 Å². The fraction of sp³-hybridized carbons (Fsp3) is 0.250. The van der Waals surface area contributed by atoms with E-state index in [0.29, 0.717) is 5.75 Å². The van der Waals surface area contributed by atoms with Gasteiger partial charge in [-0.25, -0.2) is 0 Å². The Morgan fingerprint density at radius 1 is 1.53 bits per heavy atom. The smallest absolute Gasteiger partial charge is 0.243 e. The number of hydrogen-bond acceptors (Lipinski definition) is 3. The van der Waals surface area contributed by atoms with Gasteiger partial charge in [-0.2, -0.15) is 0 Å². The summed E-state index contributed by atoms with van der Waals surface area (Å²) >= 11 is 3.31. The van der Waals surface area contributed by atoms with Gasteiger partial charge in [-0.3, -0.25) is 4.79 Å². The van der Waals surface area contributed by atoms with E-state index in [-0.39, 0.29) is 19.1 Å². The van der Waals surface area contributed by atoms with Crippen molar-refractivity contribution in [2.45, 2.75) is 6.10 Å². The molecule has 1 unspecified atom stereocenters. The molecule has 0 spiro atoms. The van der Waals surface area contributed by atoms with E-state index in [0.717, 1.165) is 10.5 Å². The van der Waals surface area contributed by atoms with Gasteiger partial charge in [-0.05, 0) is 30.3 Å². The highest BCUT2D eigenvalue weighted by atomic mass is 79.9. The van der Waals surface area contributed by atoms with E-state index >= 15 is 0 Å². The summed E-state index contributed by atoms with van der Waals surface area (Å²) in [5, 5.41) is 12.0. The van der Waals surface area contributed by atoms with Crippen molar-refractivity contribution < 1.29 is 14.6 Å². The summed E-state index contributed by atoms with van der Waals surface area (Å²) < 4.78 is 6.30. The number of hydrogen-bond donors (Lipinski definition) is 2. The Morgan fingerprint density at radius 3 is 2.76 bits per heavy atom. The molecule has 0 heterocycles. The van der Waals surface area contributed by atoms with Gasteiger partial charge >= 0.3 is 0 Å². The number of nitrogens with one attached hydrogen (secondary N) is 1. The Balaban J connectivity index is 2.28. The average Bonchev–Trinajstić information content (AvgIpc) is 2.35. The molecule has 4 nitrogen and oxygen atoms in total. The number of aliphatic hydroxyl groups excluding tert-OH is 1. The van der Waals surface area contributed by atoms with Crippen LogP contribution < -0.4 is 10.1 Å². The lowest BCUT2D eigenvalue weighted by Crippen LogP contribution is -2.34. The Labute approximate surface area is 108 Å². The third kappa shape index (κ3) is 5.51. The van der Waals surface area contributed by atoms with Gasteiger partial charge in [-0.15, -0.1) is 0 Å². The molecule has 0 aromatic heterocycles. The van der Waals surface area contributed by atoms with Crippen molar-refractivity contribution in [1.29, 1.82) is 0 Å². The number of aliphatic hydroxyl groups is 1. The molecule has 0 aliphatic heterocycles. The van der Waals surface area contributed by atoms with E-state index in [1.54, 1.807) is 12.1 Å². The number of amides is 1. The Bertz CT molecular complexity index is 378. The molecule has 0 bridgehead atoms. The second kappa shape index (κ2) is 7.09. The van der Waals surface area contributed by atoms with Gasteiger partial charge in [0.25, 0.3) is 0 Å². The number of benzene rings is 1. The molecule has 0 fully saturated rings. The van der Waals surface area contributed by atoms with Gasteiger partial charge < -0.3 is 15.2 Å². The minimum Gasteiger partial charge on any atom is -0.491 e. The summed E-state index contributed by atoms with van der Waals surface area (Å²) in [6, 6.07) is 7.28. The molecule has 1 atom stereocenters. The zero-order chi connectivity index (χ0) is 12.7. The molecule has 1 rings (SSSR count). The van der Waals surface area contributed by atoms with Crippen molar-refractivity contribution in [3.8, 4) is 5.75 Å². The zero-order valence-corrected chi connectivity index (χ0v) is 10.8. The topological polar surface area (TPSA) is 58.6 Å². The van der Waals surface area contributed by atoms with Crippen molar-refractivity contribution in [2.75, 3.05) is 13.2 Å². The second-order valence-electron chi connectivity index (χ2n) is 3.37. The third-order valence-electron chi connectivity index (χ3n) is 1.95. The lowest BCUT2D eigenvalue weighted by molar-refractivity contribution is -0.117. The molecule has 2 N–H and O–H groups in total. The van der Waals surface area contributed by atoms with Gasteiger partial charge in [0.05, 0.1) is 0 Å². The van der Waals surface area contributed by atoms with E-state index in [2.05, 4.69) is 27.8 Å². The molecule has 0 saturated carbocycles. The van der Waals surface area contributed by atoms with Crippen LogP contribution in [0.1, 0.15) is 0 Å². The van der Waals surface area contributed by atoms with Gasteiger partial charge in [0.1, 0.15) is 18.5 Å². The summed E-state index contributed by atoms with van der Waals surface area (Å²) in [4.78, 5) is 10.8. The van der Waals surface area contributed by atoms with Crippen LogP contribution in [-0.4, -0.2) is 30.3 Å². The first kappa shape index (κ1) is 13.7. The van der Waals surface area contributed by atoms with Crippen molar-refractivity contribution in [1.82, 2.24) is 5.32 Å².